The van der Waals surface area contributed by atoms with Crippen LogP contribution in [0.4, 0.5) is 0 Å². The van der Waals surface area contributed by atoms with Crippen molar-refractivity contribution < 1.29 is 0 Å². The summed E-state index contributed by atoms with van der Waals surface area (Å²) in [6.07, 6.45) is 1.02. The van der Waals surface area contributed by atoms with Gasteiger partial charge < -0.3 is 10.6 Å². The Morgan fingerprint density at radius 3 is 2.57 bits per heavy atom. The van der Waals surface area contributed by atoms with Crippen LogP contribution in [0.25, 0.3) is 0 Å². The SMILES string of the molecule is Cc1nc(CCN(C)C)sc1C(C)N. The summed E-state index contributed by atoms with van der Waals surface area (Å²) >= 11 is 1.75. The molecule has 0 saturated heterocycles. The summed E-state index contributed by atoms with van der Waals surface area (Å²) in [4.78, 5) is 7.91. The first-order chi connectivity index (χ1) is 6.50. The number of thiazole rings is 1. The van der Waals surface area contributed by atoms with Crippen LogP contribution in [-0.2, 0) is 6.42 Å². The van der Waals surface area contributed by atoms with Gasteiger partial charge in [0.2, 0.25) is 0 Å². The normalized spacial score (nSPS) is 13.6. The van der Waals surface area contributed by atoms with Gasteiger partial charge in [0.05, 0.1) is 10.7 Å². The molecule has 1 aromatic rings. The molecule has 1 atom stereocenters. The number of aromatic nitrogens is 1. The molecule has 0 radical (unpaired) electrons. The Kier molecular flexibility index (Phi) is 4.04. The summed E-state index contributed by atoms with van der Waals surface area (Å²) in [6, 6.07) is 0.112. The number of hydrogen-bond donors (Lipinski definition) is 1. The summed E-state index contributed by atoms with van der Waals surface area (Å²) in [5.41, 5.74) is 6.94. The topological polar surface area (TPSA) is 42.2 Å². The van der Waals surface area contributed by atoms with Crippen LogP contribution in [0.3, 0.4) is 0 Å². The molecule has 3 nitrogen and oxygen atoms in total. The molecule has 0 amide bonds. The van der Waals surface area contributed by atoms with Crippen LogP contribution >= 0.6 is 11.3 Å². The average molecular weight is 213 g/mol. The van der Waals surface area contributed by atoms with Crippen molar-refractivity contribution in [2.24, 2.45) is 5.73 Å². The maximum atomic E-state index is 5.84. The minimum absolute atomic E-state index is 0.112. The van der Waals surface area contributed by atoms with Gasteiger partial charge in [-0.2, -0.15) is 0 Å². The molecule has 0 aliphatic carbocycles. The smallest absolute Gasteiger partial charge is 0.0944 e. The van der Waals surface area contributed by atoms with Gasteiger partial charge in [-0.1, -0.05) is 0 Å². The van der Waals surface area contributed by atoms with Crippen LogP contribution in [0.15, 0.2) is 0 Å². The highest BCUT2D eigenvalue weighted by atomic mass is 32.1. The van der Waals surface area contributed by atoms with Gasteiger partial charge in [0.25, 0.3) is 0 Å². The fraction of sp³-hybridized carbons (Fsp3) is 0.700. The zero-order valence-corrected chi connectivity index (χ0v) is 10.2. The van der Waals surface area contributed by atoms with E-state index in [4.69, 9.17) is 5.73 Å². The van der Waals surface area contributed by atoms with E-state index in [0.29, 0.717) is 0 Å². The molecule has 0 fully saturated rings. The lowest BCUT2D eigenvalue weighted by molar-refractivity contribution is 0.413. The Morgan fingerprint density at radius 1 is 1.50 bits per heavy atom. The molecule has 0 aliphatic rings. The highest BCUT2D eigenvalue weighted by molar-refractivity contribution is 7.11. The highest BCUT2D eigenvalue weighted by Gasteiger charge is 2.10. The van der Waals surface area contributed by atoms with Crippen LogP contribution < -0.4 is 5.73 Å². The number of rotatable bonds is 4. The van der Waals surface area contributed by atoms with Crippen LogP contribution in [0.1, 0.15) is 28.5 Å². The third-order valence-electron chi connectivity index (χ3n) is 2.06. The van der Waals surface area contributed by atoms with E-state index in [1.807, 2.05) is 13.8 Å². The number of nitrogens with zero attached hydrogens (tertiary/aromatic N) is 2. The molecule has 0 aliphatic heterocycles. The van der Waals surface area contributed by atoms with Crippen molar-refractivity contribution in [3.8, 4) is 0 Å². The number of nitrogens with two attached hydrogens (primary N) is 1. The maximum absolute atomic E-state index is 5.84. The first-order valence-corrected chi connectivity index (χ1v) is 5.69. The number of aryl methyl sites for hydroxylation is 1. The minimum atomic E-state index is 0.112. The van der Waals surface area contributed by atoms with Crippen molar-refractivity contribution in [3.05, 3.63) is 15.6 Å². The molecule has 1 heterocycles. The molecule has 0 bridgehead atoms. The fourth-order valence-electron chi connectivity index (χ4n) is 1.31. The zero-order valence-electron chi connectivity index (χ0n) is 9.37. The molecule has 1 aromatic heterocycles. The summed E-state index contributed by atoms with van der Waals surface area (Å²) in [7, 11) is 4.15. The van der Waals surface area contributed by atoms with Gasteiger partial charge in [0, 0.05) is 23.9 Å². The second kappa shape index (κ2) is 4.87. The van der Waals surface area contributed by atoms with Crippen LogP contribution in [0, 0.1) is 6.92 Å². The largest absolute Gasteiger partial charge is 0.323 e. The van der Waals surface area contributed by atoms with Crippen LogP contribution in [0.5, 0.6) is 0 Å². The van der Waals surface area contributed by atoms with E-state index >= 15 is 0 Å². The Hall–Kier alpha value is -0.450. The second-order valence-corrected chi connectivity index (χ2v) is 5.01. The lowest BCUT2D eigenvalue weighted by Gasteiger charge is -2.06. The van der Waals surface area contributed by atoms with Crippen molar-refractivity contribution in [2.75, 3.05) is 20.6 Å². The summed E-state index contributed by atoms with van der Waals surface area (Å²) < 4.78 is 0. The Bertz CT molecular complexity index is 292. The van der Waals surface area contributed by atoms with Gasteiger partial charge in [-0.25, -0.2) is 4.98 Å². The van der Waals surface area contributed by atoms with E-state index in [-0.39, 0.29) is 6.04 Å². The molecule has 80 valence electrons. The number of likely N-dealkylation sites (N-methyl/N-ethyl adjacent to an activating group) is 1. The van der Waals surface area contributed by atoms with Crippen molar-refractivity contribution in [2.45, 2.75) is 26.3 Å². The van der Waals surface area contributed by atoms with Gasteiger partial charge in [-0.05, 0) is 27.9 Å². The lowest BCUT2D eigenvalue weighted by atomic mass is 10.2. The van der Waals surface area contributed by atoms with Crippen molar-refractivity contribution in [1.29, 1.82) is 0 Å². The molecular weight excluding hydrogens is 194 g/mol. The van der Waals surface area contributed by atoms with Gasteiger partial charge in [0.15, 0.2) is 0 Å². The Labute approximate surface area is 89.9 Å². The van der Waals surface area contributed by atoms with E-state index in [1.54, 1.807) is 11.3 Å². The van der Waals surface area contributed by atoms with Gasteiger partial charge in [-0.3, -0.25) is 0 Å². The van der Waals surface area contributed by atoms with E-state index in [2.05, 4.69) is 24.0 Å². The summed E-state index contributed by atoms with van der Waals surface area (Å²) in [5.74, 6) is 0. The predicted molar refractivity (Wildman–Crippen MR) is 61.7 cm³/mol. The standard InChI is InChI=1S/C10H19N3S/c1-7(11)10-8(2)12-9(14-10)5-6-13(3)4/h7H,5-6,11H2,1-4H3. The van der Waals surface area contributed by atoms with E-state index in [0.717, 1.165) is 18.7 Å². The Balaban J connectivity index is 2.66. The van der Waals surface area contributed by atoms with Crippen LogP contribution in [0.2, 0.25) is 0 Å². The molecule has 14 heavy (non-hydrogen) atoms. The maximum Gasteiger partial charge on any atom is 0.0944 e. The number of hydrogen-bond acceptors (Lipinski definition) is 4. The average Bonchev–Trinajstić information content (AvgIpc) is 2.43. The van der Waals surface area contributed by atoms with Gasteiger partial charge in [-0.15, -0.1) is 11.3 Å². The minimum Gasteiger partial charge on any atom is -0.323 e. The predicted octanol–water partition coefficient (Wildman–Crippen LogP) is 1.58. The second-order valence-electron chi connectivity index (χ2n) is 3.90. The molecule has 0 aromatic carbocycles. The van der Waals surface area contributed by atoms with Crippen molar-refractivity contribution in [1.82, 2.24) is 9.88 Å². The van der Waals surface area contributed by atoms with Crippen molar-refractivity contribution >= 4 is 11.3 Å². The highest BCUT2D eigenvalue weighted by Crippen LogP contribution is 2.23. The first kappa shape index (κ1) is 11.6. The molecule has 0 saturated carbocycles. The Morgan fingerprint density at radius 2 is 2.14 bits per heavy atom. The zero-order chi connectivity index (χ0) is 10.7. The van der Waals surface area contributed by atoms with Crippen molar-refractivity contribution in [3.63, 3.8) is 0 Å². The fourth-order valence-corrected chi connectivity index (χ4v) is 2.32. The third-order valence-corrected chi connectivity index (χ3v) is 3.48. The van der Waals surface area contributed by atoms with Gasteiger partial charge >= 0.3 is 0 Å². The molecular formula is C10H19N3S. The molecule has 1 unspecified atom stereocenters. The van der Waals surface area contributed by atoms with E-state index in [1.165, 1.54) is 9.88 Å². The first-order valence-electron chi connectivity index (χ1n) is 4.87. The van der Waals surface area contributed by atoms with E-state index in [9.17, 15) is 0 Å². The summed E-state index contributed by atoms with van der Waals surface area (Å²) in [6.45, 7) is 5.09. The monoisotopic (exact) mass is 213 g/mol. The molecule has 2 N–H and O–H groups in total. The molecule has 0 spiro atoms. The quantitative estimate of drug-likeness (QED) is 0.825. The lowest BCUT2D eigenvalue weighted by Crippen LogP contribution is -2.14. The third kappa shape index (κ3) is 3.04. The van der Waals surface area contributed by atoms with E-state index < -0.39 is 0 Å². The molecule has 1 rings (SSSR count). The van der Waals surface area contributed by atoms with Gasteiger partial charge in [0.1, 0.15) is 0 Å². The molecule has 4 heteroatoms. The van der Waals surface area contributed by atoms with Crippen LogP contribution in [-0.4, -0.2) is 30.5 Å². The summed E-state index contributed by atoms with van der Waals surface area (Å²) in [5, 5.41) is 1.20.